The molecule has 34 heavy (non-hydrogen) atoms. The van der Waals surface area contributed by atoms with Gasteiger partial charge in [-0.25, -0.2) is 0 Å². The molecule has 1 aliphatic rings. The first-order chi connectivity index (χ1) is 16.4. The van der Waals surface area contributed by atoms with Crippen LogP contribution in [0, 0.1) is 5.92 Å². The van der Waals surface area contributed by atoms with Crippen LogP contribution in [0.25, 0.3) is 0 Å². The highest BCUT2D eigenvalue weighted by molar-refractivity contribution is 5.94. The Morgan fingerprint density at radius 1 is 1.06 bits per heavy atom. The standard InChI is InChI=1S/C28H31N3O3/c1-18(2)13-19-3-5-22(6-4-19)28(33)31-24-9-7-21-8-10-25(16-23(21)15-24)34-17-20-11-12-30-26(14-20)27(29)32/h3-6,8,10-12,14,16,18,24H,7,9,13,15,17H2,1-2H3,(H2,29,32)(H,31,33). The summed E-state index contributed by atoms with van der Waals surface area (Å²) in [5, 5.41) is 3.20. The van der Waals surface area contributed by atoms with Gasteiger partial charge in [0.05, 0.1) is 0 Å². The molecule has 3 N–H and O–H groups in total. The lowest BCUT2D eigenvalue weighted by Gasteiger charge is -2.26. The third kappa shape index (κ3) is 6.01. The number of fused-ring (bicyclic) bond motifs is 1. The number of nitrogens with zero attached hydrogens (tertiary/aromatic N) is 1. The molecule has 176 valence electrons. The third-order valence-electron chi connectivity index (χ3n) is 6.08. The lowest BCUT2D eigenvalue weighted by Crippen LogP contribution is -2.38. The number of aromatic nitrogens is 1. The smallest absolute Gasteiger partial charge is 0.267 e. The van der Waals surface area contributed by atoms with Crippen LogP contribution in [0.3, 0.4) is 0 Å². The second kappa shape index (κ2) is 10.5. The van der Waals surface area contributed by atoms with E-state index in [1.54, 1.807) is 18.3 Å². The van der Waals surface area contributed by atoms with Crippen molar-refractivity contribution in [3.63, 3.8) is 0 Å². The number of nitrogens with two attached hydrogens (primary N) is 1. The Labute approximate surface area is 200 Å². The molecule has 0 radical (unpaired) electrons. The van der Waals surface area contributed by atoms with Gasteiger partial charge in [0.2, 0.25) is 0 Å². The minimum atomic E-state index is -0.560. The first-order valence-electron chi connectivity index (χ1n) is 11.8. The van der Waals surface area contributed by atoms with Crippen molar-refractivity contribution in [3.8, 4) is 5.75 Å². The maximum absolute atomic E-state index is 12.8. The SMILES string of the molecule is CC(C)Cc1ccc(C(=O)NC2CCc3ccc(OCc4ccnc(C(N)=O)c4)cc3C2)cc1. The van der Waals surface area contributed by atoms with E-state index in [-0.39, 0.29) is 17.6 Å². The molecule has 1 aromatic heterocycles. The van der Waals surface area contributed by atoms with Crippen LogP contribution in [0.4, 0.5) is 0 Å². The first kappa shape index (κ1) is 23.5. The molecule has 3 aromatic rings. The zero-order valence-corrected chi connectivity index (χ0v) is 19.7. The van der Waals surface area contributed by atoms with Gasteiger partial charge in [0.15, 0.2) is 0 Å². The highest BCUT2D eigenvalue weighted by atomic mass is 16.5. The summed E-state index contributed by atoms with van der Waals surface area (Å²) >= 11 is 0. The van der Waals surface area contributed by atoms with Crippen molar-refractivity contribution >= 4 is 11.8 Å². The Kier molecular flexibility index (Phi) is 7.26. The normalized spacial score (nSPS) is 15.0. The minimum absolute atomic E-state index is 0.0279. The number of rotatable bonds is 8. The molecule has 0 bridgehead atoms. The Hall–Kier alpha value is -3.67. The summed E-state index contributed by atoms with van der Waals surface area (Å²) in [7, 11) is 0. The number of carbonyl (C=O) groups is 2. The number of carbonyl (C=O) groups excluding carboxylic acids is 2. The Bertz CT molecular complexity index is 1170. The van der Waals surface area contributed by atoms with Gasteiger partial charge >= 0.3 is 0 Å². The molecule has 4 rings (SSSR count). The molecular formula is C28H31N3O3. The molecule has 6 heteroatoms. The van der Waals surface area contributed by atoms with Gasteiger partial charge in [0.1, 0.15) is 18.1 Å². The average molecular weight is 458 g/mol. The van der Waals surface area contributed by atoms with Gasteiger partial charge < -0.3 is 15.8 Å². The van der Waals surface area contributed by atoms with Crippen LogP contribution >= 0.6 is 0 Å². The van der Waals surface area contributed by atoms with Crippen LogP contribution < -0.4 is 15.8 Å². The average Bonchev–Trinajstić information content (AvgIpc) is 2.82. The zero-order valence-electron chi connectivity index (χ0n) is 19.7. The van der Waals surface area contributed by atoms with Crippen molar-refractivity contribution in [2.45, 2.75) is 52.2 Å². The van der Waals surface area contributed by atoms with Crippen molar-refractivity contribution in [3.05, 3.63) is 94.3 Å². The van der Waals surface area contributed by atoms with Crippen molar-refractivity contribution in [1.82, 2.24) is 10.3 Å². The topological polar surface area (TPSA) is 94.3 Å². The van der Waals surface area contributed by atoms with Crippen LogP contribution in [-0.4, -0.2) is 22.8 Å². The third-order valence-corrected chi connectivity index (χ3v) is 6.08. The summed E-state index contributed by atoms with van der Waals surface area (Å²) in [4.78, 5) is 28.1. The number of nitrogens with one attached hydrogen (secondary N) is 1. The fourth-order valence-corrected chi connectivity index (χ4v) is 4.34. The lowest BCUT2D eigenvalue weighted by molar-refractivity contribution is 0.0932. The molecule has 0 fully saturated rings. The molecule has 2 amide bonds. The molecule has 1 atom stereocenters. The van der Waals surface area contributed by atoms with Gasteiger partial charge in [0.25, 0.3) is 11.8 Å². The van der Waals surface area contributed by atoms with Crippen LogP contribution in [0.1, 0.15) is 63.4 Å². The van der Waals surface area contributed by atoms with Gasteiger partial charge in [0, 0.05) is 17.8 Å². The Morgan fingerprint density at radius 3 is 2.59 bits per heavy atom. The van der Waals surface area contributed by atoms with Crippen molar-refractivity contribution in [1.29, 1.82) is 0 Å². The van der Waals surface area contributed by atoms with E-state index in [0.717, 1.165) is 37.0 Å². The second-order valence-electron chi connectivity index (χ2n) is 9.34. The monoisotopic (exact) mass is 457 g/mol. The van der Waals surface area contributed by atoms with Crippen LogP contribution in [0.5, 0.6) is 5.75 Å². The van der Waals surface area contributed by atoms with Gasteiger partial charge in [-0.1, -0.05) is 32.0 Å². The number of ether oxygens (including phenoxy) is 1. The fourth-order valence-electron chi connectivity index (χ4n) is 4.34. The predicted octanol–water partition coefficient (Wildman–Crippen LogP) is 4.25. The van der Waals surface area contributed by atoms with Crippen molar-refractivity contribution in [2.24, 2.45) is 11.7 Å². The number of aryl methyl sites for hydroxylation is 1. The second-order valence-corrected chi connectivity index (χ2v) is 9.34. The van der Waals surface area contributed by atoms with Crippen LogP contribution in [0.15, 0.2) is 60.8 Å². The Balaban J connectivity index is 1.36. The van der Waals surface area contributed by atoms with Gasteiger partial charge in [-0.05, 0) is 90.3 Å². The van der Waals surface area contributed by atoms with Gasteiger partial charge in [-0.3, -0.25) is 14.6 Å². The number of hydrogen-bond donors (Lipinski definition) is 2. The number of hydrogen-bond acceptors (Lipinski definition) is 4. The number of pyridine rings is 1. The minimum Gasteiger partial charge on any atom is -0.489 e. The van der Waals surface area contributed by atoms with Crippen molar-refractivity contribution < 1.29 is 14.3 Å². The largest absolute Gasteiger partial charge is 0.489 e. The quantitative estimate of drug-likeness (QED) is 0.529. The lowest BCUT2D eigenvalue weighted by atomic mass is 9.88. The van der Waals surface area contributed by atoms with Gasteiger partial charge in [-0.15, -0.1) is 0 Å². The van der Waals surface area contributed by atoms with E-state index in [1.165, 1.54) is 16.7 Å². The highest BCUT2D eigenvalue weighted by Gasteiger charge is 2.21. The molecule has 0 saturated carbocycles. The summed E-state index contributed by atoms with van der Waals surface area (Å²) in [5.41, 5.74) is 10.8. The number of amides is 2. The van der Waals surface area contributed by atoms with E-state index in [9.17, 15) is 9.59 Å². The van der Waals surface area contributed by atoms with E-state index in [2.05, 4.69) is 30.2 Å². The molecule has 6 nitrogen and oxygen atoms in total. The zero-order chi connectivity index (χ0) is 24.1. The van der Waals surface area contributed by atoms with E-state index < -0.39 is 5.91 Å². The Morgan fingerprint density at radius 2 is 1.85 bits per heavy atom. The van der Waals surface area contributed by atoms with E-state index >= 15 is 0 Å². The fraction of sp³-hybridized carbons (Fsp3) is 0.321. The summed E-state index contributed by atoms with van der Waals surface area (Å²) < 4.78 is 5.95. The maximum Gasteiger partial charge on any atom is 0.267 e. The van der Waals surface area contributed by atoms with Crippen molar-refractivity contribution in [2.75, 3.05) is 0 Å². The maximum atomic E-state index is 12.8. The number of primary amides is 1. The summed E-state index contributed by atoms with van der Waals surface area (Å²) in [6.45, 7) is 4.70. The molecule has 2 aromatic carbocycles. The summed E-state index contributed by atoms with van der Waals surface area (Å²) in [5.74, 6) is 0.757. The molecule has 0 spiro atoms. The van der Waals surface area contributed by atoms with Crippen LogP contribution in [-0.2, 0) is 25.9 Å². The molecule has 0 saturated heterocycles. The molecule has 1 unspecified atom stereocenters. The van der Waals surface area contributed by atoms with E-state index in [4.69, 9.17) is 10.5 Å². The highest BCUT2D eigenvalue weighted by Crippen LogP contribution is 2.26. The predicted molar refractivity (Wildman–Crippen MR) is 132 cm³/mol. The summed E-state index contributed by atoms with van der Waals surface area (Å²) in [6.07, 6.45) is 5.16. The molecule has 1 aliphatic carbocycles. The molecule has 0 aliphatic heterocycles. The van der Waals surface area contributed by atoms with Gasteiger partial charge in [-0.2, -0.15) is 0 Å². The van der Waals surface area contributed by atoms with E-state index in [1.807, 2.05) is 36.4 Å². The number of benzene rings is 2. The molecular weight excluding hydrogens is 426 g/mol. The van der Waals surface area contributed by atoms with Crippen LogP contribution in [0.2, 0.25) is 0 Å². The van der Waals surface area contributed by atoms with E-state index in [0.29, 0.717) is 18.1 Å². The molecule has 1 heterocycles. The first-order valence-corrected chi connectivity index (χ1v) is 11.8. The summed E-state index contributed by atoms with van der Waals surface area (Å²) in [6, 6.07) is 17.6.